The maximum Gasteiger partial charge on any atom is 2.00 e. The molecular weight excluding hydrogens is 600 g/mol. The average molecular weight is 638 g/mol. The van der Waals surface area contributed by atoms with Gasteiger partial charge in [-0.05, 0) is 43.2 Å². The predicted molar refractivity (Wildman–Crippen MR) is 166 cm³/mol. The number of thiocarbonyl (C=S) groups is 3. The molecule has 0 spiro atoms. The van der Waals surface area contributed by atoms with Crippen LogP contribution < -0.4 is 16.0 Å². The predicted octanol–water partition coefficient (Wildman–Crippen LogP) is 4.31. The van der Waals surface area contributed by atoms with Gasteiger partial charge in [-0.1, -0.05) is 52.8 Å². The summed E-state index contributed by atoms with van der Waals surface area (Å²) < 4.78 is 6.40. The van der Waals surface area contributed by atoms with E-state index in [1.165, 1.54) is 25.8 Å². The van der Waals surface area contributed by atoms with Crippen LogP contribution in [0, 0.1) is 11.8 Å². The number of rotatable bonds is 6. The normalized spacial score (nSPS) is 12.9. The summed E-state index contributed by atoms with van der Waals surface area (Å²) in [6, 6.07) is 7.42. The summed E-state index contributed by atoms with van der Waals surface area (Å²) in [6.07, 6.45) is 3.97. The Balaban J connectivity index is 0. The molecule has 1 aliphatic rings. The van der Waals surface area contributed by atoms with Gasteiger partial charge in [0.15, 0.2) is 6.73 Å². The molecule has 1 aromatic carbocycles. The van der Waals surface area contributed by atoms with Crippen molar-refractivity contribution in [2.75, 3.05) is 43.6 Å². The number of ether oxygens (including phenoxy) is 1. The van der Waals surface area contributed by atoms with Gasteiger partial charge in [-0.25, -0.2) is 0 Å². The van der Waals surface area contributed by atoms with Crippen LogP contribution in [-0.2, 0) is 59.4 Å². The summed E-state index contributed by atoms with van der Waals surface area (Å²) >= 11 is 29.1. The molecule has 1 saturated heterocycles. The van der Waals surface area contributed by atoms with Crippen molar-refractivity contribution in [3.05, 3.63) is 24.3 Å². The van der Waals surface area contributed by atoms with Crippen LogP contribution >= 0.6 is 36.7 Å². The van der Waals surface area contributed by atoms with E-state index in [4.69, 9.17) is 79.3 Å². The number of quaternary nitrogens is 1. The minimum absolute atomic E-state index is 0. The molecule has 1 radical (unpaired) electrons. The van der Waals surface area contributed by atoms with Crippen molar-refractivity contribution in [2.24, 2.45) is 11.8 Å². The molecule has 1 aromatic rings. The first-order valence-electron chi connectivity index (χ1n) is 11.4. The van der Waals surface area contributed by atoms with Gasteiger partial charge in [0, 0.05) is 13.1 Å². The molecule has 1 fully saturated rings. The smallest absolute Gasteiger partial charge is 0.411 e. The van der Waals surface area contributed by atoms with Gasteiger partial charge in [0.05, 0.1) is 24.5 Å². The molecule has 35 heavy (non-hydrogen) atoms. The van der Waals surface area contributed by atoms with Crippen molar-refractivity contribution < 1.29 is 26.8 Å². The number of benzene rings is 1. The number of anilines is 2. The second-order valence-corrected chi connectivity index (χ2v) is 11.7. The van der Waals surface area contributed by atoms with Gasteiger partial charge < -0.3 is 100 Å². The molecule has 0 aliphatic carbocycles. The Morgan fingerprint density at radius 2 is 1.40 bits per heavy atom. The largest absolute Gasteiger partial charge is 2.00 e. The first kappa shape index (κ1) is 37.1. The molecule has 0 aromatic heterocycles. The van der Waals surface area contributed by atoms with Crippen LogP contribution in [0.3, 0.4) is 0 Å². The van der Waals surface area contributed by atoms with Crippen molar-refractivity contribution in [2.45, 2.75) is 47.0 Å². The molecule has 12 heteroatoms. The number of para-hydroxylation sites is 2. The first-order valence-corrected chi connectivity index (χ1v) is 13.9. The van der Waals surface area contributed by atoms with E-state index in [9.17, 15) is 0 Å². The number of nitrogens with two attached hydrogens (primary N) is 1. The molecule has 0 amide bonds. The van der Waals surface area contributed by atoms with Gasteiger partial charge in [-0.3, -0.25) is 0 Å². The molecule has 0 bridgehead atoms. The van der Waals surface area contributed by atoms with Crippen molar-refractivity contribution in [3.63, 3.8) is 0 Å². The van der Waals surface area contributed by atoms with E-state index in [2.05, 4.69) is 48.5 Å². The fourth-order valence-electron chi connectivity index (χ4n) is 2.95. The molecule has 201 valence electrons. The average Bonchev–Trinajstić information content (AvgIpc) is 2.68. The van der Waals surface area contributed by atoms with Gasteiger partial charge in [-0.15, -0.1) is 0 Å². The molecule has 0 atom stereocenters. The molecule has 4 N–H and O–H groups in total. The van der Waals surface area contributed by atoms with Crippen LogP contribution in [0.15, 0.2) is 24.3 Å². The van der Waals surface area contributed by atoms with E-state index in [0.717, 1.165) is 37.8 Å². The van der Waals surface area contributed by atoms with Gasteiger partial charge in [0.25, 0.3) is 0 Å². The maximum absolute atomic E-state index is 5.22. The minimum Gasteiger partial charge on any atom is -0.411 e. The summed E-state index contributed by atoms with van der Waals surface area (Å²) in [4.78, 5) is 2.11. The fourth-order valence-corrected chi connectivity index (χ4v) is 3.68. The Hall–Kier alpha value is -0.0235. The van der Waals surface area contributed by atoms with Crippen LogP contribution in [0.2, 0.25) is 0 Å². The van der Waals surface area contributed by atoms with Crippen molar-refractivity contribution in [3.8, 4) is 0 Å². The fraction of sp³-hybridized carbons (Fsp3) is 0.609. The molecular formula is C23H38CoN4OS6. The molecule has 2 rings (SSSR count). The first-order chi connectivity index (χ1) is 16.0. The minimum atomic E-state index is 0. The quantitative estimate of drug-likeness (QED) is 0.311. The third-order valence-electron chi connectivity index (χ3n) is 4.26. The van der Waals surface area contributed by atoms with Crippen molar-refractivity contribution in [1.82, 2.24) is 4.90 Å². The number of hydrogen-bond donors (Lipinski definition) is 3. The summed E-state index contributed by atoms with van der Waals surface area (Å²) in [5.41, 5.74) is 1.56. The van der Waals surface area contributed by atoms with E-state index in [-0.39, 0.29) is 25.4 Å². The van der Waals surface area contributed by atoms with E-state index < -0.39 is 0 Å². The van der Waals surface area contributed by atoms with Crippen LogP contribution in [0.5, 0.6) is 0 Å². The van der Waals surface area contributed by atoms with Crippen LogP contribution in [0.1, 0.15) is 47.0 Å². The standard InChI is InChI=1S/C9H19NS2.C8H8N2S4.C6H13NO.Co/c1-7(2)5-10(9(11)12)6-8(3)4;11-7(12)9-5-3-1-2-4-6(5)10-8(13)14;1-2-4-7-6-8-5-3-1;/h7-8H,5-6H2,1-4H3,(H,11,12);1-4H,(H2,9,11,12)(H2,10,13,14);7H,1-6H2;/q;;;+2/p-2. The summed E-state index contributed by atoms with van der Waals surface area (Å²) in [5, 5.41) is 7.93. The molecule has 0 unspecified atom stereocenters. The number of nitrogens with zero attached hydrogens (tertiary/aromatic N) is 1. The zero-order chi connectivity index (χ0) is 25.9. The molecule has 5 nitrogen and oxygen atoms in total. The monoisotopic (exact) mass is 637 g/mol. The third kappa shape index (κ3) is 22.9. The summed E-state index contributed by atoms with van der Waals surface area (Å²) in [5.74, 6) is 1.26. The zero-order valence-electron chi connectivity index (χ0n) is 20.8. The molecule has 1 aliphatic heterocycles. The van der Waals surface area contributed by atoms with E-state index in [1.54, 1.807) is 0 Å². The Bertz CT molecular complexity index is 671. The Morgan fingerprint density at radius 3 is 1.80 bits per heavy atom. The van der Waals surface area contributed by atoms with Crippen LogP contribution in [0.4, 0.5) is 11.4 Å². The van der Waals surface area contributed by atoms with E-state index in [0.29, 0.717) is 16.2 Å². The van der Waals surface area contributed by atoms with Crippen LogP contribution in [-0.4, -0.2) is 50.8 Å². The second-order valence-electron chi connectivity index (χ2n) is 8.54. The Morgan fingerprint density at radius 1 is 0.914 bits per heavy atom. The number of nitrogens with one attached hydrogen (secondary N) is 2. The third-order valence-corrected chi connectivity index (χ3v) is 5.19. The van der Waals surface area contributed by atoms with E-state index >= 15 is 0 Å². The van der Waals surface area contributed by atoms with Crippen LogP contribution in [0.25, 0.3) is 0 Å². The van der Waals surface area contributed by atoms with Gasteiger partial charge in [0.2, 0.25) is 0 Å². The zero-order valence-corrected chi connectivity index (χ0v) is 26.8. The van der Waals surface area contributed by atoms with E-state index in [1.807, 2.05) is 24.3 Å². The second kappa shape index (κ2) is 23.1. The van der Waals surface area contributed by atoms with Gasteiger partial charge in [-0.2, -0.15) is 0 Å². The van der Waals surface area contributed by atoms with Gasteiger partial charge >= 0.3 is 16.8 Å². The SMILES string of the molecule is C1CC[NH2+]COCC1.CC(C)CN(CC(C)C)C(=S)[S-].S=C([S-])Nc1ccccc1NC(=S)[S-].[Co+2]. The Labute approximate surface area is 255 Å². The van der Waals surface area contributed by atoms with Crippen molar-refractivity contribution in [1.29, 1.82) is 0 Å². The summed E-state index contributed by atoms with van der Waals surface area (Å²) in [7, 11) is 0. The molecule has 0 saturated carbocycles. The topological polar surface area (TPSA) is 53.1 Å². The number of hydrogen-bond acceptors (Lipinski definition) is 7. The van der Waals surface area contributed by atoms with Crippen molar-refractivity contribution >= 4 is 98.9 Å². The van der Waals surface area contributed by atoms with Gasteiger partial charge in [0.1, 0.15) is 0 Å². The molecule has 1 heterocycles. The summed E-state index contributed by atoms with van der Waals surface area (Å²) in [6.45, 7) is 13.8. The maximum atomic E-state index is 5.22. The Kier molecular flexibility index (Phi) is 24.5.